The Hall–Kier alpha value is -1.75. The molecule has 1 saturated heterocycles. The third kappa shape index (κ3) is 4.66. The summed E-state index contributed by atoms with van der Waals surface area (Å²) in [5.74, 6) is 2.08. The van der Waals surface area contributed by atoms with E-state index >= 15 is 0 Å². The fourth-order valence-corrected chi connectivity index (χ4v) is 4.12. The van der Waals surface area contributed by atoms with Crippen molar-refractivity contribution >= 4 is 5.91 Å². The second-order valence-electron chi connectivity index (χ2n) is 7.25. The normalized spacial score (nSPS) is 21.4. The van der Waals surface area contributed by atoms with Crippen LogP contribution in [-0.4, -0.2) is 50.7 Å². The fourth-order valence-electron chi connectivity index (χ4n) is 4.12. The minimum absolute atomic E-state index is 0.0581. The smallest absolute Gasteiger partial charge is 0.224 e. The number of amides is 1. The van der Waals surface area contributed by atoms with Crippen molar-refractivity contribution in [2.45, 2.75) is 44.6 Å². The van der Waals surface area contributed by atoms with Crippen LogP contribution >= 0.6 is 0 Å². The molecule has 1 aromatic rings. The number of carbonyl (C=O) groups is 1. The summed E-state index contributed by atoms with van der Waals surface area (Å²) in [5, 5.41) is 3.11. The maximum atomic E-state index is 12.3. The second-order valence-corrected chi connectivity index (χ2v) is 7.25. The van der Waals surface area contributed by atoms with Gasteiger partial charge >= 0.3 is 0 Å². The maximum Gasteiger partial charge on any atom is 0.224 e. The van der Waals surface area contributed by atoms with Crippen LogP contribution < -0.4 is 14.8 Å². The third-order valence-electron chi connectivity index (χ3n) is 5.59. The largest absolute Gasteiger partial charge is 0.497 e. The topological polar surface area (TPSA) is 50.8 Å². The zero-order valence-electron chi connectivity index (χ0n) is 15.4. The molecule has 5 nitrogen and oxygen atoms in total. The van der Waals surface area contributed by atoms with Gasteiger partial charge in [-0.15, -0.1) is 0 Å². The molecule has 1 atom stereocenters. The highest BCUT2D eigenvalue weighted by molar-refractivity contribution is 5.79. The highest BCUT2D eigenvalue weighted by Crippen LogP contribution is 2.28. The number of hydrogen-bond donors (Lipinski definition) is 1. The van der Waals surface area contributed by atoms with Crippen molar-refractivity contribution in [2.24, 2.45) is 5.92 Å². The molecule has 1 N–H and O–H groups in total. The molecular formula is C20H30N2O3. The van der Waals surface area contributed by atoms with Crippen LogP contribution in [0.15, 0.2) is 18.2 Å². The molecule has 25 heavy (non-hydrogen) atoms. The number of nitrogens with one attached hydrogen (secondary N) is 1. The standard InChI is InChI=1S/C20H30N2O3/c1-24-18-8-7-16(19(12-18)25-2)11-20(23)21-13-15-9-10-22(14-15)17-5-3-4-6-17/h7-8,12,15,17H,3-6,9-11,13-14H2,1-2H3,(H,21,23)/t15-/m0/s1. The molecule has 0 bridgehead atoms. The molecule has 0 spiro atoms. The average molecular weight is 346 g/mol. The molecule has 5 heteroatoms. The van der Waals surface area contributed by atoms with Crippen LogP contribution in [0.5, 0.6) is 11.5 Å². The predicted octanol–water partition coefficient (Wildman–Crippen LogP) is 2.63. The quantitative estimate of drug-likeness (QED) is 0.825. The number of methoxy groups -OCH3 is 2. The van der Waals surface area contributed by atoms with E-state index in [1.54, 1.807) is 14.2 Å². The Morgan fingerprint density at radius 2 is 2.00 bits per heavy atom. The van der Waals surface area contributed by atoms with Gasteiger partial charge in [0.05, 0.1) is 20.6 Å². The van der Waals surface area contributed by atoms with Crippen LogP contribution in [0.4, 0.5) is 0 Å². The predicted molar refractivity (Wildman–Crippen MR) is 98.2 cm³/mol. The molecular weight excluding hydrogens is 316 g/mol. The van der Waals surface area contributed by atoms with Gasteiger partial charge in [-0.25, -0.2) is 0 Å². The van der Waals surface area contributed by atoms with Gasteiger partial charge in [0.25, 0.3) is 0 Å². The van der Waals surface area contributed by atoms with Crippen LogP contribution in [0.2, 0.25) is 0 Å². The Balaban J connectivity index is 1.45. The molecule has 1 aliphatic carbocycles. The number of carbonyl (C=O) groups excluding carboxylic acids is 1. The molecule has 1 aromatic carbocycles. The van der Waals surface area contributed by atoms with Gasteiger partial charge in [-0.05, 0) is 37.8 Å². The summed E-state index contributed by atoms with van der Waals surface area (Å²) in [6.45, 7) is 3.11. The summed E-state index contributed by atoms with van der Waals surface area (Å²) in [6.07, 6.45) is 7.01. The van der Waals surface area contributed by atoms with E-state index < -0.39 is 0 Å². The lowest BCUT2D eigenvalue weighted by Gasteiger charge is -2.23. The summed E-state index contributed by atoms with van der Waals surface area (Å²) < 4.78 is 10.6. The number of likely N-dealkylation sites (tertiary alicyclic amines) is 1. The maximum absolute atomic E-state index is 12.3. The minimum Gasteiger partial charge on any atom is -0.497 e. The monoisotopic (exact) mass is 346 g/mol. The first kappa shape index (κ1) is 18.1. The Morgan fingerprint density at radius 1 is 1.20 bits per heavy atom. The van der Waals surface area contributed by atoms with Crippen LogP contribution in [0.1, 0.15) is 37.7 Å². The second kappa shape index (κ2) is 8.56. The molecule has 1 saturated carbocycles. The molecule has 3 rings (SSSR count). The van der Waals surface area contributed by atoms with E-state index in [9.17, 15) is 4.79 Å². The van der Waals surface area contributed by atoms with Crippen LogP contribution in [0.25, 0.3) is 0 Å². The number of hydrogen-bond acceptors (Lipinski definition) is 4. The molecule has 1 amide bonds. The van der Waals surface area contributed by atoms with E-state index in [0.717, 1.165) is 30.4 Å². The number of rotatable bonds is 7. The molecule has 2 aliphatic rings. The average Bonchev–Trinajstić information content (AvgIpc) is 3.31. The summed E-state index contributed by atoms with van der Waals surface area (Å²) in [7, 11) is 3.24. The number of benzene rings is 1. The Labute approximate surface area is 150 Å². The van der Waals surface area contributed by atoms with Gasteiger partial charge < -0.3 is 19.7 Å². The first-order valence-corrected chi connectivity index (χ1v) is 9.41. The zero-order valence-corrected chi connectivity index (χ0v) is 15.4. The van der Waals surface area contributed by atoms with Crippen molar-refractivity contribution in [1.82, 2.24) is 10.2 Å². The van der Waals surface area contributed by atoms with Gasteiger partial charge in [-0.2, -0.15) is 0 Å². The Kier molecular flexibility index (Phi) is 6.19. The third-order valence-corrected chi connectivity index (χ3v) is 5.59. The van der Waals surface area contributed by atoms with Crippen molar-refractivity contribution in [3.05, 3.63) is 23.8 Å². The lowest BCUT2D eigenvalue weighted by Crippen LogP contribution is -2.34. The van der Waals surface area contributed by atoms with Gasteiger partial charge in [0.1, 0.15) is 11.5 Å². The summed E-state index contributed by atoms with van der Waals surface area (Å²) in [6, 6.07) is 6.37. The Morgan fingerprint density at radius 3 is 2.72 bits per heavy atom. The van der Waals surface area contributed by atoms with Gasteiger partial charge in [-0.1, -0.05) is 18.9 Å². The SMILES string of the molecule is COc1ccc(CC(=O)NC[C@@H]2CCN(C3CCCC3)C2)c(OC)c1. The highest BCUT2D eigenvalue weighted by atomic mass is 16.5. The van der Waals surface area contributed by atoms with Crippen LogP contribution in [0, 0.1) is 5.92 Å². The van der Waals surface area contributed by atoms with Crippen LogP contribution in [-0.2, 0) is 11.2 Å². The van der Waals surface area contributed by atoms with Gasteiger partial charge in [0.2, 0.25) is 5.91 Å². The lowest BCUT2D eigenvalue weighted by atomic mass is 10.1. The van der Waals surface area contributed by atoms with E-state index in [1.165, 1.54) is 38.6 Å². The van der Waals surface area contributed by atoms with E-state index in [-0.39, 0.29) is 5.91 Å². The fraction of sp³-hybridized carbons (Fsp3) is 0.650. The number of nitrogens with zero attached hydrogens (tertiary/aromatic N) is 1. The van der Waals surface area contributed by atoms with Crippen molar-refractivity contribution in [3.63, 3.8) is 0 Å². The summed E-state index contributed by atoms with van der Waals surface area (Å²) in [5.41, 5.74) is 0.889. The molecule has 1 heterocycles. The van der Waals surface area contributed by atoms with Crippen molar-refractivity contribution in [1.29, 1.82) is 0 Å². The van der Waals surface area contributed by atoms with Crippen LogP contribution in [0.3, 0.4) is 0 Å². The summed E-state index contributed by atoms with van der Waals surface area (Å²) >= 11 is 0. The molecule has 0 unspecified atom stereocenters. The van der Waals surface area contributed by atoms with Gasteiger partial charge in [0, 0.05) is 30.8 Å². The Bertz CT molecular complexity index is 584. The molecule has 138 valence electrons. The van der Waals surface area contributed by atoms with E-state index in [0.29, 0.717) is 18.1 Å². The zero-order chi connectivity index (χ0) is 17.6. The van der Waals surface area contributed by atoms with E-state index in [1.807, 2.05) is 18.2 Å². The molecule has 2 fully saturated rings. The number of ether oxygens (including phenoxy) is 2. The van der Waals surface area contributed by atoms with E-state index in [4.69, 9.17) is 9.47 Å². The van der Waals surface area contributed by atoms with E-state index in [2.05, 4.69) is 10.2 Å². The first-order valence-electron chi connectivity index (χ1n) is 9.41. The minimum atomic E-state index is 0.0581. The molecule has 1 aliphatic heterocycles. The van der Waals surface area contributed by atoms with Gasteiger partial charge in [0.15, 0.2) is 0 Å². The first-order chi connectivity index (χ1) is 12.2. The molecule has 0 aromatic heterocycles. The summed E-state index contributed by atoms with van der Waals surface area (Å²) in [4.78, 5) is 15.0. The lowest BCUT2D eigenvalue weighted by molar-refractivity contribution is -0.120. The van der Waals surface area contributed by atoms with Crippen molar-refractivity contribution < 1.29 is 14.3 Å². The molecule has 0 radical (unpaired) electrons. The van der Waals surface area contributed by atoms with Crippen molar-refractivity contribution in [2.75, 3.05) is 33.9 Å². The van der Waals surface area contributed by atoms with Gasteiger partial charge in [-0.3, -0.25) is 4.79 Å². The highest BCUT2D eigenvalue weighted by Gasteiger charge is 2.29. The van der Waals surface area contributed by atoms with Crippen molar-refractivity contribution in [3.8, 4) is 11.5 Å².